The van der Waals surface area contributed by atoms with E-state index in [4.69, 9.17) is 14.2 Å². The molecule has 0 radical (unpaired) electrons. The minimum atomic E-state index is -4.14. The van der Waals surface area contributed by atoms with Gasteiger partial charge in [-0.3, -0.25) is 24.0 Å². The number of carbonyl (C=O) groups excluding carboxylic acids is 5. The summed E-state index contributed by atoms with van der Waals surface area (Å²) in [5.74, 6) is -2.59. The van der Waals surface area contributed by atoms with Gasteiger partial charge in [0.05, 0.1) is 13.2 Å². The highest BCUT2D eigenvalue weighted by Crippen LogP contribution is 2.48. The molecule has 2 saturated carbocycles. The minimum Gasteiger partial charge on any atom is -0.444 e. The average molecular weight is 758 g/mol. The lowest BCUT2D eigenvalue weighted by molar-refractivity contribution is -0.141. The van der Waals surface area contributed by atoms with Gasteiger partial charge in [0.25, 0.3) is 5.91 Å². The van der Waals surface area contributed by atoms with Crippen LogP contribution in [0.1, 0.15) is 89.7 Å². The van der Waals surface area contributed by atoms with E-state index >= 15 is 0 Å². The van der Waals surface area contributed by atoms with Gasteiger partial charge in [-0.2, -0.15) is 0 Å². The Bertz CT molecular complexity index is 1730. The number of methoxy groups -OCH3 is 1. The lowest BCUT2D eigenvalue weighted by Gasteiger charge is -2.30. The number of ether oxygens (including phenoxy) is 3. The Kier molecular flexibility index (Phi) is 10.9. The Hall–Kier alpha value is -4.18. The van der Waals surface area contributed by atoms with Crippen molar-refractivity contribution in [3.8, 4) is 0 Å². The summed E-state index contributed by atoms with van der Waals surface area (Å²) in [6, 6.07) is 5.43. The second-order valence-electron chi connectivity index (χ2n) is 16.0. The van der Waals surface area contributed by atoms with E-state index in [9.17, 15) is 32.4 Å². The zero-order chi connectivity index (χ0) is 38.2. The number of amides is 5. The average Bonchev–Trinajstić information content (AvgIpc) is 3.91. The normalized spacial score (nSPS) is 28.9. The van der Waals surface area contributed by atoms with Crippen LogP contribution in [0.15, 0.2) is 36.4 Å². The van der Waals surface area contributed by atoms with Gasteiger partial charge in [-0.1, -0.05) is 49.3 Å². The quantitative estimate of drug-likeness (QED) is 0.349. The van der Waals surface area contributed by atoms with E-state index in [1.807, 2.05) is 36.4 Å². The molecule has 2 aliphatic carbocycles. The van der Waals surface area contributed by atoms with Gasteiger partial charge in [0.2, 0.25) is 21.8 Å². The number of rotatable bonds is 7. The number of hydrogen-bond donors (Lipinski definition) is 3. The number of carbonyl (C=O) groups is 5. The predicted molar refractivity (Wildman–Crippen MR) is 191 cm³/mol. The molecule has 6 rings (SSSR count). The summed E-state index contributed by atoms with van der Waals surface area (Å²) in [5.41, 5.74) is -0.399. The van der Waals surface area contributed by atoms with Crippen LogP contribution in [0.3, 0.4) is 0 Å². The maximum Gasteiger partial charge on any atom is 0.410 e. The summed E-state index contributed by atoms with van der Waals surface area (Å²) in [4.78, 5) is 71.7. The van der Waals surface area contributed by atoms with Crippen LogP contribution in [0.25, 0.3) is 0 Å². The second kappa shape index (κ2) is 14.9. The zero-order valence-corrected chi connectivity index (χ0v) is 31.7. The predicted octanol–water partition coefficient (Wildman–Crippen LogP) is 3.02. The van der Waals surface area contributed by atoms with E-state index in [0.717, 1.165) is 24.0 Å². The highest BCUT2D eigenvalue weighted by Gasteiger charge is 2.64. The van der Waals surface area contributed by atoms with Gasteiger partial charge in [-0.05, 0) is 70.4 Å². The minimum absolute atomic E-state index is 0.0699. The Labute approximate surface area is 310 Å². The maximum atomic E-state index is 14.4. The molecule has 3 heterocycles. The summed E-state index contributed by atoms with van der Waals surface area (Å²) in [7, 11) is -2.74. The largest absolute Gasteiger partial charge is 0.444 e. The van der Waals surface area contributed by atoms with E-state index in [-0.39, 0.29) is 32.4 Å². The third-order valence-electron chi connectivity index (χ3n) is 10.7. The number of nitrogens with zero attached hydrogens (tertiary/aromatic N) is 2. The number of allylic oxidation sites excluding steroid dienone is 1. The molecule has 1 aromatic carbocycles. The topological polar surface area (TPSA) is 190 Å². The van der Waals surface area contributed by atoms with Crippen molar-refractivity contribution < 1.29 is 46.6 Å². The molecule has 0 bridgehead atoms. The molecule has 16 heteroatoms. The molecule has 5 amide bonds. The molecular formula is C37H51N5O10S. The van der Waals surface area contributed by atoms with E-state index in [0.29, 0.717) is 38.8 Å². The number of alkyl carbamates (subject to hydrolysis) is 1. The van der Waals surface area contributed by atoms with Crippen molar-refractivity contribution in [2.45, 2.75) is 126 Å². The van der Waals surface area contributed by atoms with Crippen molar-refractivity contribution in [2.24, 2.45) is 5.92 Å². The third kappa shape index (κ3) is 8.48. The first-order valence-electron chi connectivity index (χ1n) is 18.4. The Morgan fingerprint density at radius 1 is 1.04 bits per heavy atom. The molecule has 3 aliphatic heterocycles. The van der Waals surface area contributed by atoms with Gasteiger partial charge < -0.3 is 29.7 Å². The monoisotopic (exact) mass is 757 g/mol. The number of nitrogens with one attached hydrogen (secondary N) is 3. The van der Waals surface area contributed by atoms with Gasteiger partial charge in [-0.15, -0.1) is 0 Å². The Morgan fingerprint density at radius 2 is 1.74 bits per heavy atom. The van der Waals surface area contributed by atoms with Gasteiger partial charge in [0.1, 0.15) is 34.1 Å². The van der Waals surface area contributed by atoms with Gasteiger partial charge >= 0.3 is 12.2 Å². The summed E-state index contributed by atoms with van der Waals surface area (Å²) in [6.45, 7) is 5.64. The van der Waals surface area contributed by atoms with Crippen LogP contribution in [0.5, 0.6) is 0 Å². The highest BCUT2D eigenvalue weighted by atomic mass is 32.2. The molecule has 0 unspecified atom stereocenters. The molecular weight excluding hydrogens is 706 g/mol. The zero-order valence-electron chi connectivity index (χ0n) is 30.9. The fourth-order valence-electron chi connectivity index (χ4n) is 7.51. The first-order valence-corrected chi connectivity index (χ1v) is 19.9. The molecule has 3 fully saturated rings. The number of hydrogen-bond acceptors (Lipinski definition) is 10. The van der Waals surface area contributed by atoms with Crippen LogP contribution in [0.4, 0.5) is 9.59 Å². The van der Waals surface area contributed by atoms with Crippen molar-refractivity contribution in [3.05, 3.63) is 47.5 Å². The van der Waals surface area contributed by atoms with Crippen molar-refractivity contribution in [2.75, 3.05) is 20.3 Å². The maximum absolute atomic E-state index is 14.4. The Morgan fingerprint density at radius 3 is 2.38 bits per heavy atom. The fraction of sp³-hybridized carbons (Fsp3) is 0.649. The number of benzene rings is 1. The molecule has 0 aromatic heterocycles. The van der Waals surface area contributed by atoms with Crippen molar-refractivity contribution in [1.29, 1.82) is 0 Å². The summed E-state index contributed by atoms with van der Waals surface area (Å²) < 4.78 is 44.3. The second-order valence-corrected chi connectivity index (χ2v) is 18.0. The lowest BCUT2D eigenvalue weighted by Crippen LogP contribution is -2.59. The smallest absolute Gasteiger partial charge is 0.410 e. The third-order valence-corrected chi connectivity index (χ3v) is 12.8. The summed E-state index contributed by atoms with van der Waals surface area (Å²) in [5, 5.41) is 5.53. The summed E-state index contributed by atoms with van der Waals surface area (Å²) >= 11 is 0. The Balaban J connectivity index is 1.25. The molecule has 5 aliphatic rings. The molecule has 1 aromatic rings. The fourth-order valence-corrected chi connectivity index (χ4v) is 9.06. The number of fused-ring (bicyclic) bond motifs is 3. The van der Waals surface area contributed by atoms with Crippen LogP contribution in [0, 0.1) is 5.92 Å². The molecule has 15 nitrogen and oxygen atoms in total. The van der Waals surface area contributed by atoms with Gasteiger partial charge in [0.15, 0.2) is 0 Å². The van der Waals surface area contributed by atoms with Gasteiger partial charge in [0, 0.05) is 32.5 Å². The van der Waals surface area contributed by atoms with E-state index in [1.165, 1.54) is 12.0 Å². The SMILES string of the molecule is COCC1(S(=O)(=O)NC(=O)[C@@]23C[C@@H]2/C=C\CCCCC[C@H](NC(=O)OC(C)(C)C)C(=O)N2C[C@H](OC(=O)N4Cc5ccccc5C4)C[C@H]2C(=O)N3)CC1. The molecule has 3 N–H and O–H groups in total. The molecule has 5 atom stereocenters. The standard InChI is InChI=1S/C37H51N5O10S/c1-35(2,3)52-33(46)38-28-15-9-7-5-6-8-14-26-19-37(26,32(45)40-53(48,49)36(16-17-36)23-50-4)39-30(43)29-18-27(22-42(29)31(28)44)51-34(47)41-20-24-12-10-11-13-25(24)21-41/h8,10-14,26-29H,5-7,9,15-23H2,1-4H3,(H,38,46)(H,39,43)(H,40,45)/b14-8-/t26-,27+,28-,29-,37+/m0/s1. The molecule has 53 heavy (non-hydrogen) atoms. The van der Waals surface area contributed by atoms with Crippen molar-refractivity contribution >= 4 is 39.9 Å². The first-order chi connectivity index (χ1) is 25.1. The van der Waals surface area contributed by atoms with Gasteiger partial charge in [-0.25, -0.2) is 18.0 Å². The van der Waals surface area contributed by atoms with Crippen molar-refractivity contribution in [1.82, 2.24) is 25.2 Å². The van der Waals surface area contributed by atoms with E-state index in [1.54, 1.807) is 25.7 Å². The van der Waals surface area contributed by atoms with Crippen LogP contribution >= 0.6 is 0 Å². The van der Waals surface area contributed by atoms with Crippen LogP contribution < -0.4 is 15.4 Å². The highest BCUT2D eigenvalue weighted by molar-refractivity contribution is 7.91. The van der Waals surface area contributed by atoms with Crippen LogP contribution in [-0.2, 0) is 51.7 Å². The molecule has 1 saturated heterocycles. The molecule has 0 spiro atoms. The lowest BCUT2D eigenvalue weighted by atomic mass is 10.0. The van der Waals surface area contributed by atoms with Crippen molar-refractivity contribution in [3.63, 3.8) is 0 Å². The van der Waals surface area contributed by atoms with Crippen LogP contribution in [0.2, 0.25) is 0 Å². The van der Waals surface area contributed by atoms with Crippen LogP contribution in [-0.4, -0.2) is 102 Å². The van der Waals surface area contributed by atoms with E-state index < -0.39 is 79.9 Å². The first kappa shape index (κ1) is 38.5. The number of sulfonamides is 1. The molecule has 290 valence electrons. The van der Waals surface area contributed by atoms with E-state index in [2.05, 4.69) is 15.4 Å². The summed E-state index contributed by atoms with van der Waals surface area (Å²) in [6.07, 6.45) is 5.30.